The van der Waals surface area contributed by atoms with E-state index in [4.69, 9.17) is 5.73 Å². The smallest absolute Gasteiger partial charge is 0.000811 e. The van der Waals surface area contributed by atoms with Gasteiger partial charge < -0.3 is 11.1 Å². The van der Waals surface area contributed by atoms with Crippen LogP contribution in [0.25, 0.3) is 0 Å². The molecule has 0 aliphatic heterocycles. The molecule has 0 unspecified atom stereocenters. The molecule has 2 heteroatoms. The molecule has 0 saturated heterocycles. The van der Waals surface area contributed by atoms with E-state index in [0.717, 1.165) is 24.3 Å². The molecule has 3 N–H and O–H groups in total. The van der Waals surface area contributed by atoms with E-state index in [2.05, 4.69) is 5.32 Å². The van der Waals surface area contributed by atoms with Gasteiger partial charge in [0.25, 0.3) is 0 Å². The summed E-state index contributed by atoms with van der Waals surface area (Å²) in [5.41, 5.74) is 6.24. The summed E-state index contributed by atoms with van der Waals surface area (Å²) in [6.07, 6.45) is 11.7. The van der Waals surface area contributed by atoms with E-state index in [1.165, 1.54) is 45.2 Å². The predicted octanol–water partition coefficient (Wildman–Crippen LogP) is 2.53. The van der Waals surface area contributed by atoms with Crippen molar-refractivity contribution in [2.24, 2.45) is 28.9 Å². The Balaban J connectivity index is 1.49. The topological polar surface area (TPSA) is 38.0 Å². The maximum Gasteiger partial charge on any atom is 0.000811 e. The Morgan fingerprint density at radius 1 is 0.941 bits per heavy atom. The molecule has 0 aromatic carbocycles. The van der Waals surface area contributed by atoms with E-state index in [9.17, 15) is 0 Å². The molecule has 4 saturated carbocycles. The fraction of sp³-hybridized carbons (Fsp3) is 1.00. The SMILES string of the molecule is NCCCCNCC12CC3CC(CC(C3)C1)C2. The fourth-order valence-electron chi connectivity index (χ4n) is 5.25. The molecule has 4 rings (SSSR count). The zero-order chi connectivity index (χ0) is 11.7. The van der Waals surface area contributed by atoms with Gasteiger partial charge in [-0.25, -0.2) is 0 Å². The van der Waals surface area contributed by atoms with Crippen molar-refractivity contribution in [2.75, 3.05) is 19.6 Å². The van der Waals surface area contributed by atoms with Crippen LogP contribution in [-0.2, 0) is 0 Å². The molecule has 0 atom stereocenters. The highest BCUT2D eigenvalue weighted by Crippen LogP contribution is 2.59. The van der Waals surface area contributed by atoms with Gasteiger partial charge >= 0.3 is 0 Å². The molecule has 0 radical (unpaired) electrons. The van der Waals surface area contributed by atoms with Crippen LogP contribution >= 0.6 is 0 Å². The van der Waals surface area contributed by atoms with Gasteiger partial charge in [0.1, 0.15) is 0 Å². The Labute approximate surface area is 106 Å². The van der Waals surface area contributed by atoms with Crippen LogP contribution in [0.5, 0.6) is 0 Å². The average Bonchev–Trinajstić information content (AvgIpc) is 2.26. The first-order valence-electron chi connectivity index (χ1n) is 7.70. The van der Waals surface area contributed by atoms with Gasteiger partial charge in [0.2, 0.25) is 0 Å². The highest BCUT2D eigenvalue weighted by Gasteiger charge is 2.50. The molecule has 4 bridgehead atoms. The van der Waals surface area contributed by atoms with Gasteiger partial charge in [0.15, 0.2) is 0 Å². The highest BCUT2D eigenvalue weighted by atomic mass is 14.9. The molecule has 0 aromatic heterocycles. The lowest BCUT2D eigenvalue weighted by molar-refractivity contribution is -0.0512. The van der Waals surface area contributed by atoms with Gasteiger partial charge in [-0.1, -0.05) is 0 Å². The first-order chi connectivity index (χ1) is 8.30. The van der Waals surface area contributed by atoms with E-state index in [1.54, 1.807) is 19.3 Å². The summed E-state index contributed by atoms with van der Waals surface area (Å²) in [5.74, 6) is 3.27. The van der Waals surface area contributed by atoms with Crippen molar-refractivity contribution >= 4 is 0 Å². The van der Waals surface area contributed by atoms with Gasteiger partial charge in [-0.3, -0.25) is 0 Å². The maximum absolute atomic E-state index is 5.53. The summed E-state index contributed by atoms with van der Waals surface area (Å²) < 4.78 is 0. The average molecular weight is 236 g/mol. The molecule has 17 heavy (non-hydrogen) atoms. The minimum absolute atomic E-state index is 0.706. The van der Waals surface area contributed by atoms with E-state index < -0.39 is 0 Å². The van der Waals surface area contributed by atoms with Crippen LogP contribution in [-0.4, -0.2) is 19.6 Å². The molecule has 98 valence electrons. The van der Waals surface area contributed by atoms with Gasteiger partial charge in [-0.2, -0.15) is 0 Å². The summed E-state index contributed by atoms with van der Waals surface area (Å²) in [5, 5.41) is 3.72. The van der Waals surface area contributed by atoms with Crippen LogP contribution in [0.4, 0.5) is 0 Å². The largest absolute Gasteiger partial charge is 0.330 e. The van der Waals surface area contributed by atoms with Crippen LogP contribution in [0.15, 0.2) is 0 Å². The van der Waals surface area contributed by atoms with Crippen LogP contribution < -0.4 is 11.1 Å². The summed E-state index contributed by atoms with van der Waals surface area (Å²) in [4.78, 5) is 0. The van der Waals surface area contributed by atoms with Crippen LogP contribution in [0.1, 0.15) is 51.4 Å². The highest BCUT2D eigenvalue weighted by molar-refractivity contribution is 5.02. The normalized spacial score (nSPS) is 43.2. The van der Waals surface area contributed by atoms with Gasteiger partial charge in [0, 0.05) is 6.54 Å². The predicted molar refractivity (Wildman–Crippen MR) is 71.8 cm³/mol. The van der Waals surface area contributed by atoms with Crippen molar-refractivity contribution in [2.45, 2.75) is 51.4 Å². The Morgan fingerprint density at radius 2 is 1.53 bits per heavy atom. The number of rotatable bonds is 6. The number of hydrogen-bond acceptors (Lipinski definition) is 2. The van der Waals surface area contributed by atoms with Crippen molar-refractivity contribution in [1.82, 2.24) is 5.32 Å². The van der Waals surface area contributed by atoms with E-state index in [0.29, 0.717) is 5.41 Å². The van der Waals surface area contributed by atoms with Crippen molar-refractivity contribution in [3.63, 3.8) is 0 Å². The summed E-state index contributed by atoms with van der Waals surface area (Å²) in [6, 6.07) is 0. The van der Waals surface area contributed by atoms with E-state index >= 15 is 0 Å². The lowest BCUT2D eigenvalue weighted by Crippen LogP contribution is -2.50. The van der Waals surface area contributed by atoms with Gasteiger partial charge in [0.05, 0.1) is 0 Å². The number of nitrogens with one attached hydrogen (secondary N) is 1. The number of nitrogens with two attached hydrogens (primary N) is 1. The molecule has 2 nitrogen and oxygen atoms in total. The summed E-state index contributed by atoms with van der Waals surface area (Å²) in [6.45, 7) is 3.32. The molecule has 4 fully saturated rings. The quantitative estimate of drug-likeness (QED) is 0.696. The minimum atomic E-state index is 0.706. The second-order valence-corrected chi connectivity index (χ2v) is 7.09. The second-order valence-electron chi connectivity index (χ2n) is 7.09. The van der Waals surface area contributed by atoms with Crippen molar-refractivity contribution in [3.8, 4) is 0 Å². The summed E-state index contributed by atoms with van der Waals surface area (Å²) >= 11 is 0. The van der Waals surface area contributed by atoms with Crippen molar-refractivity contribution in [1.29, 1.82) is 0 Å². The molecule has 0 aromatic rings. The third-order valence-electron chi connectivity index (χ3n) is 5.47. The van der Waals surface area contributed by atoms with Gasteiger partial charge in [-0.05, 0) is 87.6 Å². The Bertz CT molecular complexity index is 226. The molecule has 4 aliphatic rings. The molecular formula is C15H28N2. The van der Waals surface area contributed by atoms with Crippen LogP contribution in [0.3, 0.4) is 0 Å². The molecular weight excluding hydrogens is 208 g/mol. The van der Waals surface area contributed by atoms with Crippen LogP contribution in [0, 0.1) is 23.2 Å². The van der Waals surface area contributed by atoms with E-state index in [-0.39, 0.29) is 0 Å². The first-order valence-corrected chi connectivity index (χ1v) is 7.70. The number of hydrogen-bond donors (Lipinski definition) is 2. The Hall–Kier alpha value is -0.0800. The molecule has 4 aliphatic carbocycles. The lowest BCUT2D eigenvalue weighted by atomic mass is 9.49. The second kappa shape index (κ2) is 4.89. The third kappa shape index (κ3) is 2.53. The maximum atomic E-state index is 5.53. The Kier molecular flexibility index (Phi) is 3.45. The molecule has 0 spiro atoms. The zero-order valence-corrected chi connectivity index (χ0v) is 11.1. The number of unbranched alkanes of at least 4 members (excludes halogenated alkanes) is 1. The van der Waals surface area contributed by atoms with Crippen LogP contribution in [0.2, 0.25) is 0 Å². The van der Waals surface area contributed by atoms with Gasteiger partial charge in [-0.15, -0.1) is 0 Å². The van der Waals surface area contributed by atoms with E-state index in [1.807, 2.05) is 0 Å². The zero-order valence-electron chi connectivity index (χ0n) is 11.1. The van der Waals surface area contributed by atoms with Crippen molar-refractivity contribution < 1.29 is 0 Å². The standard InChI is InChI=1S/C15H28N2/c16-3-1-2-4-17-11-15-8-12-5-13(9-15)7-14(6-12)10-15/h12-14,17H,1-11,16H2. The van der Waals surface area contributed by atoms with Crippen molar-refractivity contribution in [3.05, 3.63) is 0 Å². The first kappa shape index (κ1) is 12.0. The lowest BCUT2D eigenvalue weighted by Gasteiger charge is -2.57. The Morgan fingerprint density at radius 3 is 2.06 bits per heavy atom. The summed E-state index contributed by atoms with van der Waals surface area (Å²) in [7, 11) is 0. The monoisotopic (exact) mass is 236 g/mol. The third-order valence-corrected chi connectivity index (χ3v) is 5.47. The fourth-order valence-corrected chi connectivity index (χ4v) is 5.25. The minimum Gasteiger partial charge on any atom is -0.330 e. The molecule has 0 heterocycles. The molecule has 0 amide bonds.